The highest BCUT2D eigenvalue weighted by Gasteiger charge is 2.11. The van der Waals surface area contributed by atoms with E-state index in [1.54, 1.807) is 0 Å². The maximum Gasteiger partial charge on any atom is 0.251 e. The SMILES string of the molecule is Cc1cccc(OCCCCn2c(CCCNC(=O)c3ccc(F)cc3)nc3ccccc32)c1C. The summed E-state index contributed by atoms with van der Waals surface area (Å²) in [5.74, 6) is 1.44. The molecule has 3 aromatic carbocycles. The molecular weight excluding hydrogens is 441 g/mol. The number of amides is 1. The van der Waals surface area contributed by atoms with E-state index < -0.39 is 0 Å². The summed E-state index contributed by atoms with van der Waals surface area (Å²) >= 11 is 0. The molecule has 0 spiro atoms. The number of hydrogen-bond donors (Lipinski definition) is 1. The van der Waals surface area contributed by atoms with Gasteiger partial charge in [-0.1, -0.05) is 24.3 Å². The molecule has 1 aromatic heterocycles. The second-order valence-corrected chi connectivity index (χ2v) is 8.79. The summed E-state index contributed by atoms with van der Waals surface area (Å²) in [5.41, 5.74) is 5.02. The Balaban J connectivity index is 1.29. The summed E-state index contributed by atoms with van der Waals surface area (Å²) in [4.78, 5) is 17.1. The van der Waals surface area contributed by atoms with Gasteiger partial charge in [0.2, 0.25) is 0 Å². The second kappa shape index (κ2) is 11.6. The molecule has 0 radical (unpaired) electrons. The van der Waals surface area contributed by atoms with E-state index in [2.05, 4.69) is 35.9 Å². The van der Waals surface area contributed by atoms with Gasteiger partial charge in [-0.05, 0) is 86.7 Å². The predicted octanol–water partition coefficient (Wildman–Crippen LogP) is 6.01. The Morgan fingerprint density at radius 2 is 1.77 bits per heavy atom. The van der Waals surface area contributed by atoms with Crippen LogP contribution in [0.1, 0.15) is 46.6 Å². The molecule has 4 rings (SSSR count). The number of carbonyl (C=O) groups excluding carboxylic acids is 1. The van der Waals surface area contributed by atoms with Gasteiger partial charge >= 0.3 is 0 Å². The van der Waals surface area contributed by atoms with Gasteiger partial charge in [0.25, 0.3) is 5.91 Å². The number of ether oxygens (including phenoxy) is 1. The van der Waals surface area contributed by atoms with Gasteiger partial charge < -0.3 is 14.6 Å². The molecule has 4 aromatic rings. The highest BCUT2D eigenvalue weighted by atomic mass is 19.1. The zero-order valence-corrected chi connectivity index (χ0v) is 20.4. The number of imidazole rings is 1. The van der Waals surface area contributed by atoms with Crippen molar-refractivity contribution in [2.24, 2.45) is 0 Å². The molecule has 0 fully saturated rings. The Labute approximate surface area is 206 Å². The third-order valence-corrected chi connectivity index (χ3v) is 6.29. The maximum absolute atomic E-state index is 13.1. The van der Waals surface area contributed by atoms with Crippen LogP contribution in [0.5, 0.6) is 5.75 Å². The van der Waals surface area contributed by atoms with Crippen molar-refractivity contribution in [1.29, 1.82) is 0 Å². The molecule has 0 saturated heterocycles. The van der Waals surface area contributed by atoms with Crippen LogP contribution in [0.25, 0.3) is 11.0 Å². The number of carbonyl (C=O) groups is 1. The van der Waals surface area contributed by atoms with E-state index in [9.17, 15) is 9.18 Å². The Hall–Kier alpha value is -3.67. The first-order valence-electron chi connectivity index (χ1n) is 12.2. The van der Waals surface area contributed by atoms with Crippen molar-refractivity contribution in [3.8, 4) is 5.75 Å². The average Bonchev–Trinajstić information content (AvgIpc) is 3.21. The number of fused-ring (bicyclic) bond motifs is 1. The summed E-state index contributed by atoms with van der Waals surface area (Å²) in [7, 11) is 0. The third kappa shape index (κ3) is 6.27. The number of nitrogens with one attached hydrogen (secondary N) is 1. The van der Waals surface area contributed by atoms with Crippen molar-refractivity contribution >= 4 is 16.9 Å². The first-order chi connectivity index (χ1) is 17.0. The number of hydrogen-bond acceptors (Lipinski definition) is 3. The van der Waals surface area contributed by atoms with Crippen LogP contribution in [0.4, 0.5) is 4.39 Å². The van der Waals surface area contributed by atoms with Gasteiger partial charge in [0, 0.05) is 25.1 Å². The standard InChI is InChI=1S/C29H32FN3O2/c1-21-9-7-12-27(22(21)2)35-20-6-5-19-33-26-11-4-3-10-25(26)32-28(33)13-8-18-31-29(34)23-14-16-24(30)17-15-23/h3-4,7,9-12,14-17H,5-6,8,13,18-20H2,1-2H3,(H,31,34). The highest BCUT2D eigenvalue weighted by Crippen LogP contribution is 2.21. The third-order valence-electron chi connectivity index (χ3n) is 6.29. The van der Waals surface area contributed by atoms with Crippen LogP contribution >= 0.6 is 0 Å². The lowest BCUT2D eigenvalue weighted by molar-refractivity contribution is 0.0953. The van der Waals surface area contributed by atoms with E-state index in [0.717, 1.165) is 54.8 Å². The van der Waals surface area contributed by atoms with Crippen LogP contribution in [-0.2, 0) is 13.0 Å². The second-order valence-electron chi connectivity index (χ2n) is 8.79. The van der Waals surface area contributed by atoms with Crippen molar-refractivity contribution in [2.45, 2.75) is 46.1 Å². The zero-order chi connectivity index (χ0) is 24.6. The molecule has 35 heavy (non-hydrogen) atoms. The van der Waals surface area contributed by atoms with Crippen LogP contribution in [0, 0.1) is 19.7 Å². The van der Waals surface area contributed by atoms with Crippen LogP contribution < -0.4 is 10.1 Å². The topological polar surface area (TPSA) is 56.1 Å². The fourth-order valence-electron chi connectivity index (χ4n) is 4.15. The first kappa shape index (κ1) is 24.5. The number of aromatic nitrogens is 2. The lowest BCUT2D eigenvalue weighted by Crippen LogP contribution is -2.25. The van der Waals surface area contributed by atoms with Crippen LogP contribution in [0.2, 0.25) is 0 Å². The molecule has 1 heterocycles. The number of nitrogens with zero attached hydrogens (tertiary/aromatic N) is 2. The smallest absolute Gasteiger partial charge is 0.251 e. The highest BCUT2D eigenvalue weighted by molar-refractivity contribution is 5.94. The van der Waals surface area contributed by atoms with E-state index in [4.69, 9.17) is 9.72 Å². The van der Waals surface area contributed by atoms with Crippen LogP contribution in [-0.4, -0.2) is 28.6 Å². The Bertz CT molecular complexity index is 1280. The molecule has 0 unspecified atom stereocenters. The lowest BCUT2D eigenvalue weighted by Gasteiger charge is -2.12. The molecule has 1 N–H and O–H groups in total. The minimum absolute atomic E-state index is 0.192. The van der Waals surface area contributed by atoms with Crippen LogP contribution in [0.3, 0.4) is 0 Å². The van der Waals surface area contributed by atoms with Gasteiger partial charge in [-0.2, -0.15) is 0 Å². The van der Waals surface area contributed by atoms with Crippen molar-refractivity contribution in [1.82, 2.24) is 14.9 Å². The van der Waals surface area contributed by atoms with Gasteiger partial charge in [0.1, 0.15) is 17.4 Å². The number of benzene rings is 3. The van der Waals surface area contributed by atoms with Gasteiger partial charge in [0.15, 0.2) is 0 Å². The molecule has 0 atom stereocenters. The van der Waals surface area contributed by atoms with Crippen LogP contribution in [0.15, 0.2) is 66.7 Å². The molecule has 5 nitrogen and oxygen atoms in total. The Morgan fingerprint density at radius 1 is 0.971 bits per heavy atom. The number of unbranched alkanes of at least 4 members (excludes halogenated alkanes) is 1. The molecule has 1 amide bonds. The molecule has 0 aliphatic heterocycles. The van der Waals surface area contributed by atoms with Gasteiger partial charge in [-0.15, -0.1) is 0 Å². The van der Waals surface area contributed by atoms with Gasteiger partial charge in [0.05, 0.1) is 17.6 Å². The fraction of sp³-hybridized carbons (Fsp3) is 0.310. The largest absolute Gasteiger partial charge is 0.493 e. The minimum atomic E-state index is -0.350. The molecule has 182 valence electrons. The Morgan fingerprint density at radius 3 is 2.60 bits per heavy atom. The zero-order valence-electron chi connectivity index (χ0n) is 20.4. The van der Waals surface area contributed by atoms with Crippen molar-refractivity contribution in [3.05, 3.63) is 95.1 Å². The number of aryl methyl sites for hydroxylation is 3. The van der Waals surface area contributed by atoms with E-state index in [1.165, 1.54) is 35.4 Å². The normalized spacial score (nSPS) is 11.1. The maximum atomic E-state index is 13.1. The van der Waals surface area contributed by atoms with E-state index >= 15 is 0 Å². The summed E-state index contributed by atoms with van der Waals surface area (Å²) in [6, 6.07) is 19.9. The quantitative estimate of drug-likeness (QED) is 0.271. The average molecular weight is 474 g/mol. The molecule has 0 saturated carbocycles. The van der Waals surface area contributed by atoms with E-state index in [1.807, 2.05) is 30.3 Å². The minimum Gasteiger partial charge on any atom is -0.493 e. The number of halogens is 1. The summed E-state index contributed by atoms with van der Waals surface area (Å²) in [6.07, 6.45) is 3.47. The molecule has 0 bridgehead atoms. The summed E-state index contributed by atoms with van der Waals surface area (Å²) in [5, 5.41) is 2.91. The first-order valence-corrected chi connectivity index (χ1v) is 12.2. The summed E-state index contributed by atoms with van der Waals surface area (Å²) in [6.45, 7) is 6.28. The molecule has 0 aliphatic rings. The molecular formula is C29H32FN3O2. The molecule has 6 heteroatoms. The summed E-state index contributed by atoms with van der Waals surface area (Å²) < 4.78 is 21.4. The van der Waals surface area contributed by atoms with Gasteiger partial charge in [-0.25, -0.2) is 9.37 Å². The lowest BCUT2D eigenvalue weighted by atomic mass is 10.1. The Kier molecular flexibility index (Phi) is 8.14. The number of para-hydroxylation sites is 2. The van der Waals surface area contributed by atoms with E-state index in [0.29, 0.717) is 18.7 Å². The molecule has 0 aliphatic carbocycles. The fourth-order valence-corrected chi connectivity index (χ4v) is 4.15. The van der Waals surface area contributed by atoms with Gasteiger partial charge in [-0.3, -0.25) is 4.79 Å². The number of rotatable bonds is 11. The monoisotopic (exact) mass is 473 g/mol. The predicted molar refractivity (Wildman–Crippen MR) is 137 cm³/mol. The van der Waals surface area contributed by atoms with Crippen molar-refractivity contribution in [2.75, 3.05) is 13.2 Å². The van der Waals surface area contributed by atoms with Crippen molar-refractivity contribution < 1.29 is 13.9 Å². The van der Waals surface area contributed by atoms with Crippen molar-refractivity contribution in [3.63, 3.8) is 0 Å². The van der Waals surface area contributed by atoms with E-state index in [-0.39, 0.29) is 11.7 Å².